The van der Waals surface area contributed by atoms with Gasteiger partial charge in [0.1, 0.15) is 11.5 Å². The van der Waals surface area contributed by atoms with Gasteiger partial charge in [0.05, 0.1) is 24.3 Å². The zero-order valence-corrected chi connectivity index (χ0v) is 13.9. The summed E-state index contributed by atoms with van der Waals surface area (Å²) in [4.78, 5) is 12.8. The number of benzene rings is 2. The maximum absolute atomic E-state index is 12.8. The van der Waals surface area contributed by atoms with Crippen LogP contribution in [0.25, 0.3) is 0 Å². The molecular weight excluding hydrogens is 332 g/mol. The van der Waals surface area contributed by atoms with Crippen LogP contribution in [0.4, 0.5) is 0 Å². The molecule has 2 aromatic rings. The number of ketones is 1. The summed E-state index contributed by atoms with van der Waals surface area (Å²) in [5, 5.41) is 0. The molecule has 0 aliphatic rings. The molecule has 0 radical (unpaired) electrons. The molecule has 21 heavy (non-hydrogen) atoms. The number of halogens is 1. The third kappa shape index (κ3) is 3.10. The lowest BCUT2D eigenvalue weighted by Crippen LogP contribution is -2.07. The van der Waals surface area contributed by atoms with E-state index in [1.807, 2.05) is 31.2 Å². The maximum Gasteiger partial charge on any atom is 0.197 e. The Hall–Kier alpha value is -1.81. The Labute approximate surface area is 133 Å². The van der Waals surface area contributed by atoms with E-state index in [-0.39, 0.29) is 5.78 Å². The van der Waals surface area contributed by atoms with Crippen molar-refractivity contribution in [2.45, 2.75) is 13.3 Å². The van der Waals surface area contributed by atoms with Crippen molar-refractivity contribution < 1.29 is 14.3 Å². The number of carbonyl (C=O) groups excluding carboxylic acids is 1. The topological polar surface area (TPSA) is 35.5 Å². The van der Waals surface area contributed by atoms with E-state index in [1.54, 1.807) is 26.4 Å². The molecule has 0 atom stereocenters. The van der Waals surface area contributed by atoms with Crippen LogP contribution < -0.4 is 9.47 Å². The predicted octanol–water partition coefficient (Wildman–Crippen LogP) is 4.26. The first kappa shape index (κ1) is 15.6. The van der Waals surface area contributed by atoms with Crippen molar-refractivity contribution in [1.29, 1.82) is 0 Å². The Morgan fingerprint density at radius 2 is 1.71 bits per heavy atom. The van der Waals surface area contributed by atoms with Gasteiger partial charge >= 0.3 is 0 Å². The fraction of sp³-hybridized carbons (Fsp3) is 0.235. The molecule has 0 bridgehead atoms. The number of rotatable bonds is 5. The Balaban J connectivity index is 2.57. The molecule has 0 aromatic heterocycles. The van der Waals surface area contributed by atoms with Crippen molar-refractivity contribution in [3.05, 3.63) is 57.6 Å². The number of ether oxygens (including phenoxy) is 2. The maximum atomic E-state index is 12.8. The van der Waals surface area contributed by atoms with Gasteiger partial charge in [-0.05, 0) is 40.0 Å². The first-order chi connectivity index (χ1) is 10.1. The fourth-order valence-electron chi connectivity index (χ4n) is 2.23. The van der Waals surface area contributed by atoms with Crippen LogP contribution in [-0.2, 0) is 6.42 Å². The number of carbonyl (C=O) groups is 1. The van der Waals surface area contributed by atoms with Gasteiger partial charge in [-0.15, -0.1) is 0 Å². The van der Waals surface area contributed by atoms with Crippen LogP contribution in [0.1, 0.15) is 28.4 Å². The van der Waals surface area contributed by atoms with E-state index in [2.05, 4.69) is 15.9 Å². The average Bonchev–Trinajstić information content (AvgIpc) is 2.53. The fourth-order valence-corrected chi connectivity index (χ4v) is 2.72. The van der Waals surface area contributed by atoms with Gasteiger partial charge < -0.3 is 9.47 Å². The molecule has 0 N–H and O–H groups in total. The second-order valence-corrected chi connectivity index (χ2v) is 5.38. The molecule has 0 aliphatic heterocycles. The van der Waals surface area contributed by atoms with Crippen LogP contribution in [-0.4, -0.2) is 20.0 Å². The van der Waals surface area contributed by atoms with Crippen molar-refractivity contribution in [3.63, 3.8) is 0 Å². The first-order valence-corrected chi connectivity index (χ1v) is 7.45. The van der Waals surface area contributed by atoms with Crippen molar-refractivity contribution >= 4 is 21.7 Å². The largest absolute Gasteiger partial charge is 0.496 e. The number of methoxy groups -OCH3 is 2. The summed E-state index contributed by atoms with van der Waals surface area (Å²) in [6.45, 7) is 2.03. The number of hydrogen-bond donors (Lipinski definition) is 0. The zero-order chi connectivity index (χ0) is 15.4. The van der Waals surface area contributed by atoms with Crippen LogP contribution in [0.15, 0.2) is 40.9 Å². The molecular formula is C17H17BrO3. The molecule has 0 saturated heterocycles. The van der Waals surface area contributed by atoms with Gasteiger partial charge in [-0.25, -0.2) is 0 Å². The van der Waals surface area contributed by atoms with Crippen molar-refractivity contribution in [2.24, 2.45) is 0 Å². The lowest BCUT2D eigenvalue weighted by atomic mass is 9.96. The van der Waals surface area contributed by atoms with Gasteiger partial charge in [0.15, 0.2) is 5.78 Å². The van der Waals surface area contributed by atoms with Crippen molar-refractivity contribution in [2.75, 3.05) is 14.2 Å². The van der Waals surface area contributed by atoms with E-state index in [0.29, 0.717) is 22.6 Å². The van der Waals surface area contributed by atoms with E-state index in [9.17, 15) is 4.79 Å². The smallest absolute Gasteiger partial charge is 0.197 e. The predicted molar refractivity (Wildman–Crippen MR) is 86.5 cm³/mol. The van der Waals surface area contributed by atoms with Crippen LogP contribution in [0.2, 0.25) is 0 Å². The van der Waals surface area contributed by atoms with E-state index in [0.717, 1.165) is 16.5 Å². The van der Waals surface area contributed by atoms with Crippen LogP contribution in [0.3, 0.4) is 0 Å². The highest BCUT2D eigenvalue weighted by atomic mass is 79.9. The van der Waals surface area contributed by atoms with Crippen LogP contribution in [0, 0.1) is 0 Å². The summed E-state index contributed by atoms with van der Waals surface area (Å²) in [7, 11) is 3.12. The number of hydrogen-bond acceptors (Lipinski definition) is 3. The summed E-state index contributed by atoms with van der Waals surface area (Å²) in [5.74, 6) is 1.07. The minimum absolute atomic E-state index is 0.0601. The standard InChI is InChI=1S/C17H17BrO3/c1-4-11-7-5-6-8-12(11)17(19)13-9-16(21-3)14(18)10-15(13)20-2/h5-10H,4H2,1-3H3. The summed E-state index contributed by atoms with van der Waals surface area (Å²) in [6, 6.07) is 11.1. The lowest BCUT2D eigenvalue weighted by Gasteiger charge is -2.13. The Bertz CT molecular complexity index is 665. The molecule has 3 nitrogen and oxygen atoms in total. The molecule has 4 heteroatoms. The number of aryl methyl sites for hydroxylation is 1. The summed E-state index contributed by atoms with van der Waals surface area (Å²) in [6.07, 6.45) is 0.803. The Morgan fingerprint density at radius 3 is 2.33 bits per heavy atom. The van der Waals surface area contributed by atoms with Gasteiger partial charge in [0.25, 0.3) is 0 Å². The van der Waals surface area contributed by atoms with Gasteiger partial charge in [-0.3, -0.25) is 4.79 Å². The molecule has 2 aromatic carbocycles. The van der Waals surface area contributed by atoms with Gasteiger partial charge in [-0.2, -0.15) is 0 Å². The average molecular weight is 349 g/mol. The molecule has 0 unspecified atom stereocenters. The van der Waals surface area contributed by atoms with E-state index < -0.39 is 0 Å². The van der Waals surface area contributed by atoms with E-state index in [4.69, 9.17) is 9.47 Å². The Kier molecular flexibility index (Phi) is 5.02. The van der Waals surface area contributed by atoms with Crippen LogP contribution in [0.5, 0.6) is 11.5 Å². The normalized spacial score (nSPS) is 10.3. The van der Waals surface area contributed by atoms with Crippen LogP contribution >= 0.6 is 15.9 Å². The highest BCUT2D eigenvalue weighted by molar-refractivity contribution is 9.10. The van der Waals surface area contributed by atoms with E-state index in [1.165, 1.54) is 0 Å². The molecule has 0 fully saturated rings. The lowest BCUT2D eigenvalue weighted by molar-refractivity contribution is 0.103. The second-order valence-electron chi connectivity index (χ2n) is 4.53. The molecule has 0 saturated carbocycles. The van der Waals surface area contributed by atoms with Gasteiger partial charge in [-0.1, -0.05) is 31.2 Å². The quantitative estimate of drug-likeness (QED) is 0.757. The monoisotopic (exact) mass is 348 g/mol. The molecule has 2 rings (SSSR count). The highest BCUT2D eigenvalue weighted by Crippen LogP contribution is 2.34. The van der Waals surface area contributed by atoms with Crippen molar-refractivity contribution in [1.82, 2.24) is 0 Å². The zero-order valence-electron chi connectivity index (χ0n) is 12.3. The highest BCUT2D eigenvalue weighted by Gasteiger charge is 2.19. The molecule has 0 amide bonds. The third-order valence-electron chi connectivity index (χ3n) is 3.36. The van der Waals surface area contributed by atoms with Gasteiger partial charge in [0.2, 0.25) is 0 Å². The molecule has 0 aliphatic carbocycles. The molecule has 0 spiro atoms. The Morgan fingerprint density at radius 1 is 1.05 bits per heavy atom. The molecule has 110 valence electrons. The SMILES string of the molecule is CCc1ccccc1C(=O)c1cc(OC)c(Br)cc1OC. The molecule has 0 heterocycles. The van der Waals surface area contributed by atoms with E-state index >= 15 is 0 Å². The summed E-state index contributed by atoms with van der Waals surface area (Å²) >= 11 is 3.40. The summed E-state index contributed by atoms with van der Waals surface area (Å²) in [5.41, 5.74) is 2.22. The third-order valence-corrected chi connectivity index (χ3v) is 3.98. The van der Waals surface area contributed by atoms with Gasteiger partial charge in [0, 0.05) is 5.56 Å². The first-order valence-electron chi connectivity index (χ1n) is 6.66. The minimum Gasteiger partial charge on any atom is -0.496 e. The minimum atomic E-state index is -0.0601. The summed E-state index contributed by atoms with van der Waals surface area (Å²) < 4.78 is 11.4. The van der Waals surface area contributed by atoms with Crippen molar-refractivity contribution in [3.8, 4) is 11.5 Å². The second kappa shape index (κ2) is 6.76.